The third kappa shape index (κ3) is 4.32. The van der Waals surface area contributed by atoms with E-state index < -0.39 is 0 Å². The number of fused-ring (bicyclic) bond motifs is 1. The van der Waals surface area contributed by atoms with Gasteiger partial charge in [-0.25, -0.2) is 0 Å². The van der Waals surface area contributed by atoms with Crippen LogP contribution >= 0.6 is 0 Å². The van der Waals surface area contributed by atoms with Gasteiger partial charge in [0.2, 0.25) is 5.91 Å². The zero-order valence-electron chi connectivity index (χ0n) is 17.0. The lowest BCUT2D eigenvalue weighted by molar-refractivity contribution is -0.121. The first-order valence-electron chi connectivity index (χ1n) is 10.8. The summed E-state index contributed by atoms with van der Waals surface area (Å²) in [5.41, 5.74) is 1.87. The van der Waals surface area contributed by atoms with Gasteiger partial charge in [-0.3, -0.25) is 9.69 Å². The van der Waals surface area contributed by atoms with Crippen molar-refractivity contribution in [2.24, 2.45) is 5.92 Å². The predicted octanol–water partition coefficient (Wildman–Crippen LogP) is 3.71. The minimum Gasteiger partial charge on any atom is -0.358 e. The van der Waals surface area contributed by atoms with E-state index >= 15 is 0 Å². The number of likely N-dealkylation sites (tertiary alicyclic amines) is 1. The Labute approximate surface area is 167 Å². The molecule has 1 amide bonds. The number of nitrogens with zero attached hydrogens (tertiary/aromatic N) is 2. The van der Waals surface area contributed by atoms with Crippen molar-refractivity contribution in [2.75, 3.05) is 25.0 Å². The van der Waals surface area contributed by atoms with Crippen LogP contribution in [0.25, 0.3) is 11.0 Å². The summed E-state index contributed by atoms with van der Waals surface area (Å²) >= 11 is 0. The Morgan fingerprint density at radius 3 is 2.79 bits per heavy atom. The van der Waals surface area contributed by atoms with E-state index in [1.54, 1.807) is 0 Å². The van der Waals surface area contributed by atoms with Crippen LogP contribution in [0, 0.1) is 12.8 Å². The van der Waals surface area contributed by atoms with Gasteiger partial charge in [0, 0.05) is 19.1 Å². The van der Waals surface area contributed by atoms with Gasteiger partial charge in [-0.2, -0.15) is 0 Å². The Hall–Kier alpha value is -2.08. The highest BCUT2D eigenvalue weighted by Crippen LogP contribution is 2.32. The van der Waals surface area contributed by atoms with Crippen LogP contribution in [0.5, 0.6) is 0 Å². The highest BCUT2D eigenvalue weighted by molar-refractivity contribution is 5.90. The number of aromatic nitrogens is 1. The van der Waals surface area contributed by atoms with Crippen LogP contribution in [0.2, 0.25) is 0 Å². The number of amides is 1. The van der Waals surface area contributed by atoms with E-state index in [0.29, 0.717) is 5.82 Å². The van der Waals surface area contributed by atoms with Crippen molar-refractivity contribution in [2.45, 2.75) is 64.5 Å². The van der Waals surface area contributed by atoms with Crippen LogP contribution in [-0.2, 0) is 4.79 Å². The largest absolute Gasteiger partial charge is 0.358 e. The van der Waals surface area contributed by atoms with Gasteiger partial charge in [-0.05, 0) is 50.7 Å². The van der Waals surface area contributed by atoms with Crippen molar-refractivity contribution in [1.29, 1.82) is 0 Å². The number of hydrogen-bond donors (Lipinski definition) is 2. The minimum atomic E-state index is 0.0140. The number of benzene rings is 1. The summed E-state index contributed by atoms with van der Waals surface area (Å²) in [5, 5.41) is 11.2. The second-order valence-electron chi connectivity index (χ2n) is 8.57. The number of anilines is 1. The average molecular weight is 385 g/mol. The van der Waals surface area contributed by atoms with Crippen molar-refractivity contribution in [3.05, 3.63) is 23.8 Å². The molecule has 152 valence electrons. The van der Waals surface area contributed by atoms with E-state index in [9.17, 15) is 4.79 Å². The molecular weight excluding hydrogens is 352 g/mol. The highest BCUT2D eigenvalue weighted by Gasteiger charge is 2.34. The molecule has 28 heavy (non-hydrogen) atoms. The smallest absolute Gasteiger partial charge is 0.239 e. The third-order valence-electron chi connectivity index (χ3n) is 6.35. The molecule has 0 unspecified atom stereocenters. The molecule has 2 aliphatic rings. The van der Waals surface area contributed by atoms with E-state index in [0.717, 1.165) is 41.6 Å². The monoisotopic (exact) mass is 384 g/mol. The van der Waals surface area contributed by atoms with Crippen LogP contribution in [0.1, 0.15) is 51.0 Å². The van der Waals surface area contributed by atoms with E-state index in [1.165, 1.54) is 38.5 Å². The molecule has 4 rings (SSSR count). The Bertz CT molecular complexity index is 804. The van der Waals surface area contributed by atoms with Crippen LogP contribution in [0.3, 0.4) is 0 Å². The van der Waals surface area contributed by atoms with Crippen molar-refractivity contribution in [3.8, 4) is 0 Å². The van der Waals surface area contributed by atoms with Crippen LogP contribution in [0.4, 0.5) is 5.82 Å². The normalized spacial score (nSPS) is 23.5. The number of rotatable bonds is 7. The summed E-state index contributed by atoms with van der Waals surface area (Å²) in [5.74, 6) is 1.59. The lowest BCUT2D eigenvalue weighted by Gasteiger charge is -2.46. The molecule has 1 aromatic heterocycles. The summed E-state index contributed by atoms with van der Waals surface area (Å²) in [6.45, 7) is 6.51. The Balaban J connectivity index is 1.18. The summed E-state index contributed by atoms with van der Waals surface area (Å²) in [6, 6.07) is 6.91. The maximum atomic E-state index is 12.3. The van der Waals surface area contributed by atoms with Gasteiger partial charge in [0.05, 0.1) is 18.0 Å². The summed E-state index contributed by atoms with van der Waals surface area (Å²) < 4.78 is 5.30. The molecule has 1 saturated carbocycles. The first kappa shape index (κ1) is 19.2. The first-order chi connectivity index (χ1) is 13.6. The number of carbonyl (C=O) groups excluding carboxylic acids is 1. The molecule has 2 heterocycles. The summed E-state index contributed by atoms with van der Waals surface area (Å²) in [7, 11) is 0. The van der Waals surface area contributed by atoms with Gasteiger partial charge in [-0.15, -0.1) is 0 Å². The van der Waals surface area contributed by atoms with E-state index in [2.05, 4.69) is 27.6 Å². The summed E-state index contributed by atoms with van der Waals surface area (Å²) in [6.07, 6.45) is 8.10. The van der Waals surface area contributed by atoms with Gasteiger partial charge in [0.15, 0.2) is 11.4 Å². The number of nitrogens with one attached hydrogen (secondary N) is 2. The Kier molecular flexibility index (Phi) is 5.85. The van der Waals surface area contributed by atoms with E-state index in [4.69, 9.17) is 4.52 Å². The number of aryl methyl sites for hydroxylation is 1. The van der Waals surface area contributed by atoms with Gasteiger partial charge >= 0.3 is 0 Å². The van der Waals surface area contributed by atoms with E-state index in [-0.39, 0.29) is 18.5 Å². The van der Waals surface area contributed by atoms with Gasteiger partial charge in [0.1, 0.15) is 0 Å². The van der Waals surface area contributed by atoms with Crippen molar-refractivity contribution < 1.29 is 9.32 Å². The maximum absolute atomic E-state index is 12.3. The average Bonchev–Trinajstić information content (AvgIpc) is 3.06. The second kappa shape index (κ2) is 8.52. The number of carbonyl (C=O) groups is 1. The SMILES string of the molecule is CCCC1CCC(N2CC(NC(=O)CNc3noc4ccc(C)cc34)C2)CC1. The van der Waals surface area contributed by atoms with Crippen LogP contribution in [-0.4, -0.2) is 47.7 Å². The molecule has 1 saturated heterocycles. The Morgan fingerprint density at radius 2 is 2.04 bits per heavy atom. The molecule has 2 N–H and O–H groups in total. The molecule has 6 nitrogen and oxygen atoms in total. The molecule has 1 aliphatic heterocycles. The molecule has 0 radical (unpaired) electrons. The maximum Gasteiger partial charge on any atom is 0.239 e. The van der Waals surface area contributed by atoms with Crippen LogP contribution in [0.15, 0.2) is 22.7 Å². The zero-order valence-corrected chi connectivity index (χ0v) is 17.0. The first-order valence-corrected chi connectivity index (χ1v) is 10.8. The van der Waals surface area contributed by atoms with Gasteiger partial charge in [0.25, 0.3) is 0 Å². The Morgan fingerprint density at radius 1 is 1.25 bits per heavy atom. The molecule has 1 aromatic carbocycles. The molecule has 2 aromatic rings. The minimum absolute atomic E-state index is 0.0140. The molecule has 0 atom stereocenters. The topological polar surface area (TPSA) is 70.4 Å². The molecule has 0 spiro atoms. The quantitative estimate of drug-likeness (QED) is 0.762. The van der Waals surface area contributed by atoms with Crippen molar-refractivity contribution in [3.63, 3.8) is 0 Å². The fraction of sp³-hybridized carbons (Fsp3) is 0.636. The van der Waals surface area contributed by atoms with Crippen molar-refractivity contribution >= 4 is 22.7 Å². The molecule has 2 fully saturated rings. The predicted molar refractivity (Wildman–Crippen MR) is 111 cm³/mol. The third-order valence-corrected chi connectivity index (χ3v) is 6.35. The van der Waals surface area contributed by atoms with E-state index in [1.807, 2.05) is 25.1 Å². The molecule has 6 heteroatoms. The van der Waals surface area contributed by atoms with Crippen molar-refractivity contribution in [1.82, 2.24) is 15.4 Å². The fourth-order valence-electron chi connectivity index (χ4n) is 4.73. The van der Waals surface area contributed by atoms with Gasteiger partial charge < -0.3 is 15.2 Å². The lowest BCUT2D eigenvalue weighted by Crippen LogP contribution is -2.63. The molecule has 0 bridgehead atoms. The fourth-order valence-corrected chi connectivity index (χ4v) is 4.73. The molecular formula is C22H32N4O2. The molecule has 1 aliphatic carbocycles. The van der Waals surface area contributed by atoms with Gasteiger partial charge in [-0.1, -0.05) is 36.6 Å². The summed E-state index contributed by atoms with van der Waals surface area (Å²) in [4.78, 5) is 14.8. The number of hydrogen-bond acceptors (Lipinski definition) is 5. The highest BCUT2D eigenvalue weighted by atomic mass is 16.5. The zero-order chi connectivity index (χ0) is 19.5. The van der Waals surface area contributed by atoms with Crippen LogP contribution < -0.4 is 10.6 Å². The lowest BCUT2D eigenvalue weighted by atomic mass is 9.82. The second-order valence-corrected chi connectivity index (χ2v) is 8.57. The standard InChI is InChI=1S/C22H32N4O2/c1-3-4-16-6-8-18(9-7-16)26-13-17(14-26)24-21(27)12-23-22-19-11-15(2)5-10-20(19)28-25-22/h5,10-11,16-18H,3-4,6-9,12-14H2,1-2H3,(H,23,25)(H,24,27).